The minimum absolute atomic E-state index is 0.0863. The zero-order valence-electron chi connectivity index (χ0n) is 24.4. The predicted molar refractivity (Wildman–Crippen MR) is 165 cm³/mol. The molecule has 0 aromatic heterocycles. The van der Waals surface area contributed by atoms with E-state index < -0.39 is 12.1 Å². The van der Waals surface area contributed by atoms with E-state index in [1.54, 1.807) is 0 Å². The van der Waals surface area contributed by atoms with Crippen molar-refractivity contribution in [2.75, 3.05) is 6.61 Å². The number of rotatable bonds is 25. The fraction of sp³-hybridized carbons (Fsp3) is 0.618. The third-order valence-corrected chi connectivity index (χ3v) is 6.23. The predicted octanol–water partition coefficient (Wildman–Crippen LogP) is 8.44. The average Bonchev–Trinajstić information content (AvgIpc) is 2.92. The number of hydrogen-bond acceptors (Lipinski definition) is 3. The number of hydrogen-bond donors (Lipinski definition) is 3. The topological polar surface area (TPSA) is 69.6 Å². The van der Waals surface area contributed by atoms with Gasteiger partial charge in [-0.2, -0.15) is 0 Å². The first-order chi connectivity index (χ1) is 18.7. The minimum Gasteiger partial charge on any atom is -0.394 e. The summed E-state index contributed by atoms with van der Waals surface area (Å²) >= 11 is 0. The molecule has 0 aromatic rings. The molecule has 0 fully saturated rings. The summed E-state index contributed by atoms with van der Waals surface area (Å²) in [6.07, 6.45) is 41.1. The molecule has 0 saturated heterocycles. The Kier molecular flexibility index (Phi) is 27.7. The monoisotopic (exact) mass is 527 g/mol. The van der Waals surface area contributed by atoms with Crippen LogP contribution in [-0.2, 0) is 4.79 Å². The molecule has 0 rings (SSSR count). The van der Waals surface area contributed by atoms with Crippen LogP contribution < -0.4 is 5.32 Å². The van der Waals surface area contributed by atoms with Gasteiger partial charge in [-0.25, -0.2) is 0 Å². The number of aliphatic hydroxyl groups excluding tert-OH is 2. The zero-order valence-corrected chi connectivity index (χ0v) is 24.4. The van der Waals surface area contributed by atoms with Crippen LogP contribution in [0.5, 0.6) is 0 Å². The first-order valence-electron chi connectivity index (χ1n) is 15.1. The lowest BCUT2D eigenvalue weighted by atomic mass is 10.0. The molecule has 2 unspecified atom stereocenters. The van der Waals surface area contributed by atoms with Gasteiger partial charge in [-0.05, 0) is 64.2 Å². The van der Waals surface area contributed by atoms with Crippen LogP contribution in [0, 0.1) is 0 Å². The van der Waals surface area contributed by atoms with Gasteiger partial charge in [0, 0.05) is 6.42 Å². The van der Waals surface area contributed by atoms with Gasteiger partial charge in [0.25, 0.3) is 0 Å². The van der Waals surface area contributed by atoms with E-state index in [1.807, 2.05) is 0 Å². The first kappa shape index (κ1) is 35.8. The standard InChI is InChI=1S/C34H57NO3/c1-3-5-7-9-10-11-12-13-14-15-16-17-18-19-20-21-22-23-24-26-28-30-34(38)35-32(31-36)33(37)29-27-25-8-6-4-2/h5,7,10-11,13-14,16-17,19-20,22-23,32-33,36-37H,3-4,6,8-9,12,15,18,21,24-31H2,1-2H3,(H,35,38)/b7-5-,11-10-,14-13-,17-16-,20-19-,23-22-. The molecule has 0 aliphatic rings. The number of aliphatic hydroxyl groups is 2. The van der Waals surface area contributed by atoms with Gasteiger partial charge < -0.3 is 15.5 Å². The summed E-state index contributed by atoms with van der Waals surface area (Å²) < 4.78 is 0. The number of amides is 1. The number of carbonyl (C=O) groups excluding carboxylic acids is 1. The van der Waals surface area contributed by atoms with Gasteiger partial charge in [-0.3, -0.25) is 4.79 Å². The summed E-state index contributed by atoms with van der Waals surface area (Å²) in [6, 6.07) is -0.558. The van der Waals surface area contributed by atoms with Gasteiger partial charge in [0.2, 0.25) is 5.91 Å². The molecule has 0 aliphatic heterocycles. The average molecular weight is 528 g/mol. The van der Waals surface area contributed by atoms with Gasteiger partial charge in [-0.1, -0.05) is 119 Å². The van der Waals surface area contributed by atoms with E-state index in [0.29, 0.717) is 12.8 Å². The van der Waals surface area contributed by atoms with E-state index in [-0.39, 0.29) is 12.5 Å². The number of unbranched alkanes of at least 4 members (excludes halogenated alkanes) is 6. The summed E-state index contributed by atoms with van der Waals surface area (Å²) in [5.74, 6) is -0.0863. The summed E-state index contributed by atoms with van der Waals surface area (Å²) in [5, 5.41) is 22.6. The highest BCUT2D eigenvalue weighted by molar-refractivity contribution is 5.76. The Morgan fingerprint density at radius 2 is 1.16 bits per heavy atom. The Hall–Kier alpha value is -2.17. The number of allylic oxidation sites excluding steroid dienone is 12. The third-order valence-electron chi connectivity index (χ3n) is 6.23. The van der Waals surface area contributed by atoms with Crippen LogP contribution in [0.25, 0.3) is 0 Å². The summed E-state index contributed by atoms with van der Waals surface area (Å²) in [6.45, 7) is 4.11. The summed E-state index contributed by atoms with van der Waals surface area (Å²) in [4.78, 5) is 12.2. The SMILES string of the molecule is CC/C=C\C/C=C\C/C=C\C/C=C\C/C=C\C/C=C\CCCCC(=O)NC(CO)C(O)CCCCCCC. The summed E-state index contributed by atoms with van der Waals surface area (Å²) in [5.41, 5.74) is 0. The van der Waals surface area contributed by atoms with Crippen LogP contribution in [0.1, 0.15) is 117 Å². The molecule has 216 valence electrons. The quantitative estimate of drug-likeness (QED) is 0.0824. The van der Waals surface area contributed by atoms with E-state index in [2.05, 4.69) is 92.1 Å². The molecule has 0 aromatic carbocycles. The Morgan fingerprint density at radius 3 is 1.66 bits per heavy atom. The second-order valence-corrected chi connectivity index (χ2v) is 9.79. The molecule has 1 amide bonds. The van der Waals surface area contributed by atoms with E-state index in [0.717, 1.165) is 70.6 Å². The van der Waals surface area contributed by atoms with Crippen molar-refractivity contribution in [1.82, 2.24) is 5.32 Å². The van der Waals surface area contributed by atoms with Gasteiger partial charge in [0.05, 0.1) is 18.8 Å². The third kappa shape index (κ3) is 25.5. The molecule has 0 saturated carbocycles. The second kappa shape index (κ2) is 29.4. The van der Waals surface area contributed by atoms with Crippen molar-refractivity contribution in [1.29, 1.82) is 0 Å². The molecule has 0 heterocycles. The van der Waals surface area contributed by atoms with E-state index in [9.17, 15) is 15.0 Å². The van der Waals surface area contributed by atoms with Crippen molar-refractivity contribution in [3.63, 3.8) is 0 Å². The van der Waals surface area contributed by atoms with Crippen molar-refractivity contribution >= 4 is 5.91 Å². The molecule has 4 heteroatoms. The lowest BCUT2D eigenvalue weighted by Gasteiger charge is -2.22. The first-order valence-corrected chi connectivity index (χ1v) is 15.1. The maximum atomic E-state index is 12.2. The molecule has 2 atom stereocenters. The van der Waals surface area contributed by atoms with Crippen LogP contribution in [0.15, 0.2) is 72.9 Å². The van der Waals surface area contributed by atoms with Crippen LogP contribution in [0.4, 0.5) is 0 Å². The Morgan fingerprint density at radius 1 is 0.658 bits per heavy atom. The lowest BCUT2D eigenvalue weighted by molar-refractivity contribution is -0.123. The largest absolute Gasteiger partial charge is 0.394 e. The van der Waals surface area contributed by atoms with Crippen molar-refractivity contribution in [3.05, 3.63) is 72.9 Å². The zero-order chi connectivity index (χ0) is 27.9. The highest BCUT2D eigenvalue weighted by atomic mass is 16.3. The number of nitrogens with one attached hydrogen (secondary N) is 1. The fourth-order valence-electron chi connectivity index (χ4n) is 3.89. The van der Waals surface area contributed by atoms with Crippen molar-refractivity contribution in [2.24, 2.45) is 0 Å². The van der Waals surface area contributed by atoms with Crippen LogP contribution in [0.3, 0.4) is 0 Å². The molecule has 0 aliphatic carbocycles. The van der Waals surface area contributed by atoms with Crippen LogP contribution >= 0.6 is 0 Å². The molecular weight excluding hydrogens is 470 g/mol. The van der Waals surface area contributed by atoms with E-state index in [1.165, 1.54) is 19.3 Å². The maximum absolute atomic E-state index is 12.2. The maximum Gasteiger partial charge on any atom is 0.220 e. The molecule has 4 nitrogen and oxygen atoms in total. The van der Waals surface area contributed by atoms with Crippen molar-refractivity contribution in [3.8, 4) is 0 Å². The van der Waals surface area contributed by atoms with Gasteiger partial charge >= 0.3 is 0 Å². The molecule has 0 spiro atoms. The fourth-order valence-corrected chi connectivity index (χ4v) is 3.89. The number of carbonyl (C=O) groups is 1. The van der Waals surface area contributed by atoms with Gasteiger partial charge in [0.1, 0.15) is 0 Å². The van der Waals surface area contributed by atoms with E-state index in [4.69, 9.17) is 0 Å². The van der Waals surface area contributed by atoms with Crippen molar-refractivity contribution in [2.45, 2.75) is 129 Å². The second-order valence-electron chi connectivity index (χ2n) is 9.79. The van der Waals surface area contributed by atoms with Crippen molar-refractivity contribution < 1.29 is 15.0 Å². The Labute approximate surface area is 234 Å². The molecule has 38 heavy (non-hydrogen) atoms. The lowest BCUT2D eigenvalue weighted by Crippen LogP contribution is -2.45. The van der Waals surface area contributed by atoms with Crippen LogP contribution in [0.2, 0.25) is 0 Å². The molecule has 0 radical (unpaired) electrons. The normalized spacial score (nSPS) is 14.3. The van der Waals surface area contributed by atoms with Gasteiger partial charge in [-0.15, -0.1) is 0 Å². The highest BCUT2D eigenvalue weighted by Crippen LogP contribution is 2.10. The van der Waals surface area contributed by atoms with Gasteiger partial charge in [0.15, 0.2) is 0 Å². The Balaban J connectivity index is 3.75. The molecule has 0 bridgehead atoms. The summed E-state index contributed by atoms with van der Waals surface area (Å²) in [7, 11) is 0. The van der Waals surface area contributed by atoms with Crippen LogP contribution in [-0.4, -0.2) is 34.9 Å². The molecular formula is C34H57NO3. The highest BCUT2D eigenvalue weighted by Gasteiger charge is 2.19. The minimum atomic E-state index is -0.676. The molecule has 3 N–H and O–H groups in total. The Bertz CT molecular complexity index is 703. The smallest absolute Gasteiger partial charge is 0.220 e. The van der Waals surface area contributed by atoms with E-state index >= 15 is 0 Å².